The van der Waals surface area contributed by atoms with E-state index >= 15 is 0 Å². The fraction of sp³-hybridized carbons (Fsp3) is 0.300. The summed E-state index contributed by atoms with van der Waals surface area (Å²) in [7, 11) is 0. The Morgan fingerprint density at radius 3 is 3.31 bits per heavy atom. The van der Waals surface area contributed by atoms with E-state index in [0.717, 1.165) is 36.3 Å². The molecule has 0 spiro atoms. The smallest absolute Gasteiger partial charge is 0.107 e. The van der Waals surface area contributed by atoms with Crippen LogP contribution in [0.25, 0.3) is 5.70 Å². The van der Waals surface area contributed by atoms with Gasteiger partial charge in [0, 0.05) is 5.69 Å². The third-order valence-electron chi connectivity index (χ3n) is 2.20. The van der Waals surface area contributed by atoms with Gasteiger partial charge < -0.3 is 10.7 Å². The number of H-pyrrole nitrogens is 1. The molecule has 1 aliphatic carbocycles. The quantitative estimate of drug-likeness (QED) is 0.629. The summed E-state index contributed by atoms with van der Waals surface area (Å²) in [5, 5.41) is 0. The van der Waals surface area contributed by atoms with Crippen molar-refractivity contribution < 1.29 is 0 Å². The highest BCUT2D eigenvalue weighted by molar-refractivity contribution is 5.63. The van der Waals surface area contributed by atoms with Crippen LogP contribution >= 0.6 is 0 Å². The molecule has 0 saturated heterocycles. The van der Waals surface area contributed by atoms with Gasteiger partial charge in [-0.1, -0.05) is 12.2 Å². The first-order valence-corrected chi connectivity index (χ1v) is 4.53. The lowest BCUT2D eigenvalue weighted by Gasteiger charge is -1.99. The largest absolute Gasteiger partial charge is 0.397 e. The Hall–Kier alpha value is -1.51. The standard InChI is InChI=1S/C10H13N3/c11-8-5-3-1-2-4-6-9-10(8)13-7-12-9/h1,3,5,7H,2,4,6,11H2,(H,12,13)/b3-1+,8-5+. The van der Waals surface area contributed by atoms with Gasteiger partial charge in [-0.25, -0.2) is 4.98 Å². The van der Waals surface area contributed by atoms with Crippen LogP contribution in [0.4, 0.5) is 0 Å². The summed E-state index contributed by atoms with van der Waals surface area (Å²) in [6, 6.07) is 0. The third-order valence-corrected chi connectivity index (χ3v) is 2.20. The van der Waals surface area contributed by atoms with Gasteiger partial charge in [0.2, 0.25) is 0 Å². The average Bonchev–Trinajstić information content (AvgIpc) is 2.58. The number of hydrogen-bond acceptors (Lipinski definition) is 2. The summed E-state index contributed by atoms with van der Waals surface area (Å²) in [5.74, 6) is 0. The fourth-order valence-corrected chi connectivity index (χ4v) is 1.50. The van der Waals surface area contributed by atoms with Gasteiger partial charge >= 0.3 is 0 Å². The Morgan fingerprint density at radius 1 is 1.46 bits per heavy atom. The average molecular weight is 175 g/mol. The number of aryl methyl sites for hydroxylation is 1. The van der Waals surface area contributed by atoms with E-state index in [1.54, 1.807) is 6.33 Å². The number of hydrogen-bond donors (Lipinski definition) is 2. The molecule has 0 aromatic carbocycles. The number of rotatable bonds is 0. The van der Waals surface area contributed by atoms with Crippen LogP contribution in [0, 0.1) is 0 Å². The van der Waals surface area contributed by atoms with Crippen LogP contribution in [0.3, 0.4) is 0 Å². The maximum atomic E-state index is 5.86. The number of aromatic nitrogens is 2. The summed E-state index contributed by atoms with van der Waals surface area (Å²) in [4.78, 5) is 7.32. The zero-order valence-electron chi connectivity index (χ0n) is 7.46. The van der Waals surface area contributed by atoms with Crippen LogP contribution < -0.4 is 5.73 Å². The van der Waals surface area contributed by atoms with E-state index in [0.29, 0.717) is 0 Å². The predicted molar refractivity (Wildman–Crippen MR) is 52.8 cm³/mol. The molecule has 0 fully saturated rings. The Labute approximate surface area is 77.4 Å². The second-order valence-corrected chi connectivity index (χ2v) is 3.17. The molecule has 0 saturated carbocycles. The Morgan fingerprint density at radius 2 is 2.38 bits per heavy atom. The van der Waals surface area contributed by atoms with Gasteiger partial charge in [-0.2, -0.15) is 0 Å². The van der Waals surface area contributed by atoms with Crippen molar-refractivity contribution in [3.05, 3.63) is 35.9 Å². The molecule has 0 bridgehead atoms. The molecule has 68 valence electrons. The lowest BCUT2D eigenvalue weighted by atomic mass is 10.1. The highest BCUT2D eigenvalue weighted by atomic mass is 14.9. The molecule has 13 heavy (non-hydrogen) atoms. The summed E-state index contributed by atoms with van der Waals surface area (Å²) < 4.78 is 0. The first-order valence-electron chi connectivity index (χ1n) is 4.53. The maximum absolute atomic E-state index is 5.86. The lowest BCUT2D eigenvalue weighted by molar-refractivity contribution is 0.822. The number of allylic oxidation sites excluding steroid dienone is 3. The number of aromatic amines is 1. The van der Waals surface area contributed by atoms with Crippen LogP contribution in [0.15, 0.2) is 24.6 Å². The topological polar surface area (TPSA) is 54.7 Å². The SMILES string of the molecule is N/C1=C/C=C/CCCc2[nH]cnc21. The van der Waals surface area contributed by atoms with Gasteiger partial charge in [0.25, 0.3) is 0 Å². The van der Waals surface area contributed by atoms with Crippen LogP contribution in [0.2, 0.25) is 0 Å². The van der Waals surface area contributed by atoms with E-state index in [2.05, 4.69) is 16.0 Å². The van der Waals surface area contributed by atoms with Crippen molar-refractivity contribution in [1.29, 1.82) is 0 Å². The monoisotopic (exact) mass is 175 g/mol. The molecule has 1 aliphatic rings. The van der Waals surface area contributed by atoms with Gasteiger partial charge in [-0.3, -0.25) is 0 Å². The van der Waals surface area contributed by atoms with E-state index in [4.69, 9.17) is 5.73 Å². The van der Waals surface area contributed by atoms with Crippen molar-refractivity contribution in [2.24, 2.45) is 5.73 Å². The molecule has 0 atom stereocenters. The van der Waals surface area contributed by atoms with Gasteiger partial charge in [0.05, 0.1) is 12.0 Å². The number of nitrogens with one attached hydrogen (secondary N) is 1. The van der Waals surface area contributed by atoms with E-state index in [1.165, 1.54) is 0 Å². The highest BCUT2D eigenvalue weighted by Crippen LogP contribution is 2.15. The molecule has 0 unspecified atom stereocenters. The van der Waals surface area contributed by atoms with E-state index in [1.807, 2.05) is 12.2 Å². The van der Waals surface area contributed by atoms with Gasteiger partial charge in [-0.15, -0.1) is 0 Å². The number of imidazole rings is 1. The van der Waals surface area contributed by atoms with Crippen LogP contribution in [0.1, 0.15) is 24.2 Å². The molecule has 0 radical (unpaired) electrons. The summed E-state index contributed by atoms with van der Waals surface area (Å²) in [6.45, 7) is 0. The maximum Gasteiger partial charge on any atom is 0.107 e. The molecule has 2 rings (SSSR count). The third kappa shape index (κ3) is 1.64. The van der Waals surface area contributed by atoms with E-state index in [9.17, 15) is 0 Å². The molecule has 3 N–H and O–H groups in total. The Kier molecular flexibility index (Phi) is 2.17. The fourth-order valence-electron chi connectivity index (χ4n) is 1.50. The molecule has 1 heterocycles. The highest BCUT2D eigenvalue weighted by Gasteiger charge is 2.07. The van der Waals surface area contributed by atoms with Gasteiger partial charge in [0.1, 0.15) is 5.69 Å². The number of nitrogens with two attached hydrogens (primary N) is 1. The zero-order valence-corrected chi connectivity index (χ0v) is 7.46. The van der Waals surface area contributed by atoms with Crippen molar-refractivity contribution in [1.82, 2.24) is 9.97 Å². The van der Waals surface area contributed by atoms with Crippen LogP contribution in [-0.4, -0.2) is 9.97 Å². The second-order valence-electron chi connectivity index (χ2n) is 3.17. The summed E-state index contributed by atoms with van der Waals surface area (Å²) in [5.41, 5.74) is 8.66. The number of nitrogens with zero attached hydrogens (tertiary/aromatic N) is 1. The minimum atomic E-state index is 0.745. The molecular formula is C10H13N3. The first kappa shape index (κ1) is 8.10. The van der Waals surface area contributed by atoms with Crippen molar-refractivity contribution in [2.75, 3.05) is 0 Å². The minimum Gasteiger partial charge on any atom is -0.397 e. The van der Waals surface area contributed by atoms with Crippen molar-refractivity contribution in [3.8, 4) is 0 Å². The minimum absolute atomic E-state index is 0.745. The Balaban J connectivity index is 2.40. The van der Waals surface area contributed by atoms with Gasteiger partial charge in [-0.05, 0) is 25.3 Å². The first-order chi connectivity index (χ1) is 6.38. The second kappa shape index (κ2) is 3.47. The molecule has 1 aromatic rings. The van der Waals surface area contributed by atoms with Crippen molar-refractivity contribution in [3.63, 3.8) is 0 Å². The lowest BCUT2D eigenvalue weighted by Crippen LogP contribution is -2.00. The molecule has 1 aromatic heterocycles. The van der Waals surface area contributed by atoms with Crippen LogP contribution in [-0.2, 0) is 6.42 Å². The van der Waals surface area contributed by atoms with Crippen molar-refractivity contribution in [2.45, 2.75) is 19.3 Å². The van der Waals surface area contributed by atoms with Crippen LogP contribution in [0.5, 0.6) is 0 Å². The van der Waals surface area contributed by atoms with E-state index < -0.39 is 0 Å². The summed E-state index contributed by atoms with van der Waals surface area (Å²) in [6.07, 6.45) is 11.0. The van der Waals surface area contributed by atoms with Gasteiger partial charge in [0.15, 0.2) is 0 Å². The van der Waals surface area contributed by atoms with Crippen molar-refractivity contribution >= 4 is 5.70 Å². The molecular weight excluding hydrogens is 162 g/mol. The predicted octanol–water partition coefficient (Wildman–Crippen LogP) is 1.60. The molecule has 0 amide bonds. The van der Waals surface area contributed by atoms with E-state index in [-0.39, 0.29) is 0 Å². The molecule has 3 heteroatoms. The number of fused-ring (bicyclic) bond motifs is 1. The molecule has 3 nitrogen and oxygen atoms in total. The molecule has 0 aliphatic heterocycles. The Bertz CT molecular complexity index is 347. The summed E-state index contributed by atoms with van der Waals surface area (Å²) >= 11 is 0. The zero-order chi connectivity index (χ0) is 9.10. The normalized spacial score (nSPS) is 23.2.